The van der Waals surface area contributed by atoms with Crippen molar-refractivity contribution < 1.29 is 4.52 Å². The van der Waals surface area contributed by atoms with E-state index in [1.165, 1.54) is 5.56 Å². The van der Waals surface area contributed by atoms with Crippen LogP contribution in [0.5, 0.6) is 0 Å². The van der Waals surface area contributed by atoms with E-state index < -0.39 is 0 Å². The van der Waals surface area contributed by atoms with Crippen molar-refractivity contribution in [3.63, 3.8) is 0 Å². The molecule has 154 valence electrons. The Bertz CT molecular complexity index is 771. The van der Waals surface area contributed by atoms with E-state index in [9.17, 15) is 0 Å². The Morgan fingerprint density at radius 2 is 2.00 bits per heavy atom. The third-order valence-corrected chi connectivity index (χ3v) is 5.00. The maximum absolute atomic E-state index is 6.09. The molecule has 1 aliphatic rings. The van der Waals surface area contributed by atoms with Crippen molar-refractivity contribution in [1.82, 2.24) is 20.3 Å². The normalized spacial score (nSPS) is 15.6. The number of piperazine rings is 1. The first-order chi connectivity index (χ1) is 13.0. The van der Waals surface area contributed by atoms with Crippen LogP contribution >= 0.6 is 35.6 Å². The summed E-state index contributed by atoms with van der Waals surface area (Å²) < 4.78 is 5.40. The zero-order valence-electron chi connectivity index (χ0n) is 16.7. The predicted molar refractivity (Wildman–Crippen MR) is 125 cm³/mol. The lowest BCUT2D eigenvalue weighted by atomic mass is 10.1. The molecule has 1 aliphatic heterocycles. The predicted octanol–water partition coefficient (Wildman–Crippen LogP) is 3.96. The first kappa shape index (κ1) is 23.0. The number of rotatable bonds is 5. The molecule has 0 unspecified atom stereocenters. The molecule has 0 saturated carbocycles. The van der Waals surface area contributed by atoms with E-state index in [1.807, 2.05) is 31.3 Å². The molecular weight excluding hydrogens is 489 g/mol. The first-order valence-corrected chi connectivity index (χ1v) is 9.81. The van der Waals surface area contributed by atoms with E-state index in [4.69, 9.17) is 16.1 Å². The number of nitrogens with zero attached hydrogens (tertiary/aromatic N) is 4. The van der Waals surface area contributed by atoms with E-state index in [1.54, 1.807) is 0 Å². The van der Waals surface area contributed by atoms with Crippen molar-refractivity contribution in [3.8, 4) is 0 Å². The lowest BCUT2D eigenvalue weighted by Crippen LogP contribution is -2.52. The van der Waals surface area contributed by atoms with Crippen LogP contribution in [0, 0.1) is 0 Å². The fraction of sp³-hybridized carbons (Fsp3) is 0.500. The fourth-order valence-corrected chi connectivity index (χ4v) is 3.41. The SMILES string of the molecule is CN=C(NCc1cc(C(C)C)no1)N1CCN(Cc2cccc(Cl)c2)CC1.I. The number of halogens is 2. The maximum atomic E-state index is 6.09. The van der Waals surface area contributed by atoms with Crippen molar-refractivity contribution in [2.45, 2.75) is 32.9 Å². The van der Waals surface area contributed by atoms with Gasteiger partial charge in [0.05, 0.1) is 12.2 Å². The summed E-state index contributed by atoms with van der Waals surface area (Å²) in [6.45, 7) is 9.60. The van der Waals surface area contributed by atoms with Crippen molar-refractivity contribution in [2.75, 3.05) is 33.2 Å². The molecule has 1 fully saturated rings. The highest BCUT2D eigenvalue weighted by molar-refractivity contribution is 14.0. The number of nitrogens with one attached hydrogen (secondary N) is 1. The van der Waals surface area contributed by atoms with Gasteiger partial charge in [0.15, 0.2) is 11.7 Å². The van der Waals surface area contributed by atoms with Gasteiger partial charge in [0.25, 0.3) is 0 Å². The summed E-state index contributed by atoms with van der Waals surface area (Å²) in [6, 6.07) is 10.1. The minimum absolute atomic E-state index is 0. The second-order valence-corrected chi connectivity index (χ2v) is 7.60. The maximum Gasteiger partial charge on any atom is 0.194 e. The molecule has 0 bridgehead atoms. The Morgan fingerprint density at radius 3 is 2.61 bits per heavy atom. The van der Waals surface area contributed by atoms with Gasteiger partial charge in [-0.3, -0.25) is 9.89 Å². The lowest BCUT2D eigenvalue weighted by molar-refractivity contribution is 0.172. The Balaban J connectivity index is 0.00000280. The highest BCUT2D eigenvalue weighted by atomic mass is 127. The smallest absolute Gasteiger partial charge is 0.194 e. The van der Waals surface area contributed by atoms with E-state index in [-0.39, 0.29) is 24.0 Å². The van der Waals surface area contributed by atoms with Crippen LogP contribution < -0.4 is 5.32 Å². The number of hydrogen-bond acceptors (Lipinski definition) is 4. The van der Waals surface area contributed by atoms with Crippen LogP contribution in [0.1, 0.15) is 36.8 Å². The molecule has 3 rings (SSSR count). The number of guanidine groups is 1. The van der Waals surface area contributed by atoms with E-state index >= 15 is 0 Å². The Labute approximate surface area is 189 Å². The Kier molecular flexibility index (Phi) is 9.04. The van der Waals surface area contributed by atoms with Gasteiger partial charge >= 0.3 is 0 Å². The zero-order valence-corrected chi connectivity index (χ0v) is 19.8. The fourth-order valence-electron chi connectivity index (χ4n) is 3.19. The summed E-state index contributed by atoms with van der Waals surface area (Å²) in [5.74, 6) is 2.11. The molecule has 0 radical (unpaired) electrons. The summed E-state index contributed by atoms with van der Waals surface area (Å²) in [5.41, 5.74) is 2.24. The molecule has 1 aromatic heterocycles. The van der Waals surface area contributed by atoms with Crippen molar-refractivity contribution in [1.29, 1.82) is 0 Å². The average Bonchev–Trinajstić information content (AvgIpc) is 3.13. The van der Waals surface area contributed by atoms with Gasteiger partial charge in [0.2, 0.25) is 0 Å². The van der Waals surface area contributed by atoms with Crippen LogP contribution in [0.2, 0.25) is 5.02 Å². The monoisotopic (exact) mass is 517 g/mol. The molecule has 6 nitrogen and oxygen atoms in total. The molecule has 1 N–H and O–H groups in total. The minimum atomic E-state index is 0. The number of benzene rings is 1. The summed E-state index contributed by atoms with van der Waals surface area (Å²) in [6.07, 6.45) is 0. The van der Waals surface area contributed by atoms with Crippen LogP contribution in [0.15, 0.2) is 39.8 Å². The third-order valence-electron chi connectivity index (χ3n) is 4.77. The molecule has 0 aliphatic carbocycles. The zero-order chi connectivity index (χ0) is 19.2. The van der Waals surface area contributed by atoms with Crippen LogP contribution in [-0.4, -0.2) is 54.1 Å². The summed E-state index contributed by atoms with van der Waals surface area (Å²) >= 11 is 6.09. The molecule has 0 spiro atoms. The standard InChI is InChI=1S/C20H28ClN5O.HI/c1-15(2)19-12-18(27-24-19)13-23-20(22-3)26-9-7-25(8-10-26)14-16-5-4-6-17(21)11-16;/h4-6,11-12,15H,7-10,13-14H2,1-3H3,(H,22,23);1H. The van der Waals surface area contributed by atoms with Gasteiger partial charge < -0.3 is 14.7 Å². The van der Waals surface area contributed by atoms with E-state index in [0.717, 1.165) is 55.2 Å². The first-order valence-electron chi connectivity index (χ1n) is 9.43. The number of aliphatic imine (C=N–C) groups is 1. The minimum Gasteiger partial charge on any atom is -0.359 e. The molecule has 8 heteroatoms. The van der Waals surface area contributed by atoms with Gasteiger partial charge in [-0.15, -0.1) is 24.0 Å². The topological polar surface area (TPSA) is 56.9 Å². The van der Waals surface area contributed by atoms with Crippen molar-refractivity contribution in [3.05, 3.63) is 52.4 Å². The highest BCUT2D eigenvalue weighted by Gasteiger charge is 2.20. The van der Waals surface area contributed by atoms with Crippen molar-refractivity contribution in [2.24, 2.45) is 4.99 Å². The quantitative estimate of drug-likeness (QED) is 0.370. The highest BCUT2D eigenvalue weighted by Crippen LogP contribution is 2.15. The summed E-state index contributed by atoms with van der Waals surface area (Å²) in [7, 11) is 1.82. The molecule has 0 atom stereocenters. The summed E-state index contributed by atoms with van der Waals surface area (Å²) in [4.78, 5) is 9.15. The number of aromatic nitrogens is 1. The molecule has 2 heterocycles. The van der Waals surface area contributed by atoms with E-state index in [0.29, 0.717) is 12.5 Å². The van der Waals surface area contributed by atoms with Gasteiger partial charge in [0, 0.05) is 50.9 Å². The molecule has 2 aromatic rings. The Morgan fingerprint density at radius 1 is 1.25 bits per heavy atom. The van der Waals surface area contributed by atoms with Crippen LogP contribution in [0.4, 0.5) is 0 Å². The number of hydrogen-bond donors (Lipinski definition) is 1. The van der Waals surface area contributed by atoms with Crippen LogP contribution in [0.3, 0.4) is 0 Å². The lowest BCUT2D eigenvalue weighted by Gasteiger charge is -2.36. The Hall–Kier alpha value is -1.32. The molecule has 1 saturated heterocycles. The van der Waals surface area contributed by atoms with Crippen LogP contribution in [-0.2, 0) is 13.1 Å². The van der Waals surface area contributed by atoms with Crippen LogP contribution in [0.25, 0.3) is 0 Å². The largest absolute Gasteiger partial charge is 0.359 e. The average molecular weight is 518 g/mol. The third kappa shape index (κ3) is 6.35. The van der Waals surface area contributed by atoms with Gasteiger partial charge in [-0.1, -0.05) is 42.7 Å². The molecular formula is C20H29ClIN5O. The van der Waals surface area contributed by atoms with Gasteiger partial charge in [-0.05, 0) is 23.6 Å². The summed E-state index contributed by atoms with van der Waals surface area (Å²) in [5, 5.41) is 8.28. The van der Waals surface area contributed by atoms with Gasteiger partial charge in [-0.2, -0.15) is 0 Å². The van der Waals surface area contributed by atoms with Crippen molar-refractivity contribution >= 4 is 41.5 Å². The molecule has 1 aromatic carbocycles. The second-order valence-electron chi connectivity index (χ2n) is 7.17. The van der Waals surface area contributed by atoms with Gasteiger partial charge in [0.1, 0.15) is 0 Å². The second kappa shape index (κ2) is 11.0. The van der Waals surface area contributed by atoms with E-state index in [2.05, 4.69) is 45.2 Å². The molecule has 28 heavy (non-hydrogen) atoms. The molecule has 0 amide bonds. The van der Waals surface area contributed by atoms with Gasteiger partial charge in [-0.25, -0.2) is 0 Å².